The summed E-state index contributed by atoms with van der Waals surface area (Å²) in [6.07, 6.45) is 0. The van der Waals surface area contributed by atoms with Gasteiger partial charge in [-0.25, -0.2) is 0 Å². The molecule has 0 atom stereocenters. The molecular weight excluding hydrogens is 260 g/mol. The summed E-state index contributed by atoms with van der Waals surface area (Å²) in [5.41, 5.74) is 5.14. The van der Waals surface area contributed by atoms with Gasteiger partial charge < -0.3 is 10.1 Å². The van der Waals surface area contributed by atoms with E-state index in [9.17, 15) is 0 Å². The molecule has 21 heavy (non-hydrogen) atoms. The summed E-state index contributed by atoms with van der Waals surface area (Å²) in [5, 5.41) is 12.4. The predicted octanol–water partition coefficient (Wildman–Crippen LogP) is 3.65. The Hall–Kier alpha value is -2.31. The maximum absolute atomic E-state index is 9.08. The number of nitrogens with zero attached hydrogens (tertiary/aromatic N) is 1. The van der Waals surface area contributed by atoms with Gasteiger partial charge in [-0.2, -0.15) is 5.26 Å². The van der Waals surface area contributed by atoms with E-state index in [0.717, 1.165) is 30.0 Å². The lowest BCUT2D eigenvalue weighted by Crippen LogP contribution is -2.11. The summed E-state index contributed by atoms with van der Waals surface area (Å²) in [7, 11) is 1.65. The van der Waals surface area contributed by atoms with Crippen molar-refractivity contribution in [3.63, 3.8) is 0 Å². The first-order valence-electron chi connectivity index (χ1n) is 7.08. The Labute approximate surface area is 126 Å². The number of aryl methyl sites for hydroxylation is 1. The lowest BCUT2D eigenvalue weighted by molar-refractivity contribution is 0.416. The van der Waals surface area contributed by atoms with Gasteiger partial charge in [-0.15, -0.1) is 0 Å². The second-order valence-corrected chi connectivity index (χ2v) is 4.96. The molecule has 0 aliphatic carbocycles. The smallest absolute Gasteiger partial charge is 0.126 e. The molecule has 0 aliphatic heterocycles. The van der Waals surface area contributed by atoms with Crippen LogP contribution < -0.4 is 10.1 Å². The number of nitriles is 1. The molecule has 0 radical (unpaired) electrons. The number of benzene rings is 2. The zero-order valence-electron chi connectivity index (χ0n) is 12.7. The van der Waals surface area contributed by atoms with Crippen molar-refractivity contribution >= 4 is 0 Å². The summed E-state index contributed by atoms with van der Waals surface area (Å²) in [4.78, 5) is 0. The van der Waals surface area contributed by atoms with Crippen molar-refractivity contribution in [1.29, 1.82) is 5.26 Å². The Bertz CT molecular complexity index is 671. The quantitative estimate of drug-likeness (QED) is 0.909. The molecular formula is C18H20N2O. The van der Waals surface area contributed by atoms with Crippen molar-refractivity contribution in [2.24, 2.45) is 0 Å². The van der Waals surface area contributed by atoms with Crippen molar-refractivity contribution < 1.29 is 4.74 Å². The normalized spacial score (nSPS) is 10.2. The van der Waals surface area contributed by atoms with Crippen LogP contribution in [0.4, 0.5) is 0 Å². The summed E-state index contributed by atoms with van der Waals surface area (Å²) in [5.74, 6) is 0.788. The highest BCUT2D eigenvalue weighted by molar-refractivity contribution is 5.75. The predicted molar refractivity (Wildman–Crippen MR) is 85.3 cm³/mol. The van der Waals surface area contributed by atoms with Gasteiger partial charge in [-0.3, -0.25) is 0 Å². The largest absolute Gasteiger partial charge is 0.496 e. The number of rotatable bonds is 5. The number of methoxy groups -OCH3 is 1. The van der Waals surface area contributed by atoms with Gasteiger partial charge in [0.15, 0.2) is 0 Å². The fraction of sp³-hybridized carbons (Fsp3) is 0.278. The molecule has 2 rings (SSSR count). The third-order valence-electron chi connectivity index (χ3n) is 3.49. The molecule has 0 amide bonds. The van der Waals surface area contributed by atoms with E-state index in [-0.39, 0.29) is 0 Å². The van der Waals surface area contributed by atoms with Gasteiger partial charge >= 0.3 is 0 Å². The highest BCUT2D eigenvalue weighted by Crippen LogP contribution is 2.33. The molecule has 0 aliphatic rings. The van der Waals surface area contributed by atoms with E-state index in [2.05, 4.69) is 43.4 Å². The van der Waals surface area contributed by atoms with E-state index in [1.807, 2.05) is 12.1 Å². The SMILES string of the molecule is CCNCc1ccc(-c2cc(C#N)ccc2OC)c(C)c1. The first kappa shape index (κ1) is 15.1. The van der Waals surface area contributed by atoms with E-state index in [0.29, 0.717) is 5.56 Å². The molecule has 0 bridgehead atoms. The van der Waals surface area contributed by atoms with E-state index in [1.165, 1.54) is 11.1 Å². The topological polar surface area (TPSA) is 45.0 Å². The van der Waals surface area contributed by atoms with Crippen LogP contribution >= 0.6 is 0 Å². The number of hydrogen-bond acceptors (Lipinski definition) is 3. The van der Waals surface area contributed by atoms with Crippen molar-refractivity contribution in [2.45, 2.75) is 20.4 Å². The van der Waals surface area contributed by atoms with Crippen LogP contribution in [0, 0.1) is 18.3 Å². The van der Waals surface area contributed by atoms with E-state index < -0.39 is 0 Å². The molecule has 0 saturated heterocycles. The van der Waals surface area contributed by atoms with Crippen LogP contribution in [0.2, 0.25) is 0 Å². The van der Waals surface area contributed by atoms with E-state index in [4.69, 9.17) is 10.00 Å². The van der Waals surface area contributed by atoms with Crippen LogP contribution in [0.25, 0.3) is 11.1 Å². The molecule has 0 aromatic heterocycles. The lowest BCUT2D eigenvalue weighted by Gasteiger charge is -2.13. The minimum atomic E-state index is 0.641. The second-order valence-electron chi connectivity index (χ2n) is 4.96. The Morgan fingerprint density at radius 2 is 1.95 bits per heavy atom. The van der Waals surface area contributed by atoms with Gasteiger partial charge in [0.25, 0.3) is 0 Å². The zero-order chi connectivity index (χ0) is 15.2. The fourth-order valence-electron chi connectivity index (χ4n) is 2.40. The van der Waals surface area contributed by atoms with Gasteiger partial charge in [0.05, 0.1) is 18.7 Å². The van der Waals surface area contributed by atoms with Crippen molar-refractivity contribution in [1.82, 2.24) is 5.32 Å². The van der Waals surface area contributed by atoms with E-state index in [1.54, 1.807) is 13.2 Å². The van der Waals surface area contributed by atoms with Crippen LogP contribution in [-0.4, -0.2) is 13.7 Å². The number of ether oxygens (including phenoxy) is 1. The molecule has 3 heteroatoms. The third-order valence-corrected chi connectivity index (χ3v) is 3.49. The lowest BCUT2D eigenvalue weighted by atomic mass is 9.96. The summed E-state index contributed by atoms with van der Waals surface area (Å²) < 4.78 is 5.43. The Kier molecular flexibility index (Phi) is 4.97. The van der Waals surface area contributed by atoms with Gasteiger partial charge in [0.2, 0.25) is 0 Å². The molecule has 0 unspecified atom stereocenters. The molecule has 0 saturated carbocycles. The maximum atomic E-state index is 9.08. The number of nitrogens with one attached hydrogen (secondary N) is 1. The highest BCUT2D eigenvalue weighted by atomic mass is 16.5. The minimum Gasteiger partial charge on any atom is -0.496 e. The summed E-state index contributed by atoms with van der Waals surface area (Å²) in [6, 6.07) is 14.1. The van der Waals surface area contributed by atoms with Gasteiger partial charge in [0, 0.05) is 12.1 Å². The molecule has 0 spiro atoms. The Morgan fingerprint density at radius 3 is 2.57 bits per heavy atom. The maximum Gasteiger partial charge on any atom is 0.126 e. The molecule has 0 fully saturated rings. The third kappa shape index (κ3) is 3.42. The molecule has 2 aromatic carbocycles. The summed E-state index contributed by atoms with van der Waals surface area (Å²) in [6.45, 7) is 6.01. The van der Waals surface area contributed by atoms with Crippen LogP contribution in [-0.2, 0) is 6.54 Å². The summed E-state index contributed by atoms with van der Waals surface area (Å²) >= 11 is 0. The fourth-order valence-corrected chi connectivity index (χ4v) is 2.40. The van der Waals surface area contributed by atoms with Crippen LogP contribution in [0.1, 0.15) is 23.6 Å². The van der Waals surface area contributed by atoms with Crippen molar-refractivity contribution in [3.05, 3.63) is 53.1 Å². The molecule has 0 heterocycles. The van der Waals surface area contributed by atoms with Crippen LogP contribution in [0.15, 0.2) is 36.4 Å². The Balaban J connectivity index is 2.44. The minimum absolute atomic E-state index is 0.641. The first-order chi connectivity index (χ1) is 10.2. The Morgan fingerprint density at radius 1 is 1.14 bits per heavy atom. The molecule has 2 aromatic rings. The average Bonchev–Trinajstić information content (AvgIpc) is 2.52. The van der Waals surface area contributed by atoms with Crippen LogP contribution in [0.5, 0.6) is 5.75 Å². The first-order valence-corrected chi connectivity index (χ1v) is 7.08. The van der Waals surface area contributed by atoms with Crippen molar-refractivity contribution in [2.75, 3.05) is 13.7 Å². The average molecular weight is 280 g/mol. The number of hydrogen-bond donors (Lipinski definition) is 1. The van der Waals surface area contributed by atoms with Gasteiger partial charge in [-0.05, 0) is 48.4 Å². The van der Waals surface area contributed by atoms with E-state index >= 15 is 0 Å². The highest BCUT2D eigenvalue weighted by Gasteiger charge is 2.10. The zero-order valence-corrected chi connectivity index (χ0v) is 12.7. The molecule has 108 valence electrons. The van der Waals surface area contributed by atoms with Gasteiger partial charge in [-0.1, -0.05) is 25.1 Å². The second kappa shape index (κ2) is 6.92. The molecule has 1 N–H and O–H groups in total. The van der Waals surface area contributed by atoms with Crippen LogP contribution in [0.3, 0.4) is 0 Å². The van der Waals surface area contributed by atoms with Crippen molar-refractivity contribution in [3.8, 4) is 22.9 Å². The monoisotopic (exact) mass is 280 g/mol. The standard InChI is InChI=1S/C18H20N2O/c1-4-20-12-15-5-7-16(13(2)9-15)17-10-14(11-19)6-8-18(17)21-3/h5-10,20H,4,12H2,1-3H3. The molecule has 3 nitrogen and oxygen atoms in total. The van der Waals surface area contributed by atoms with Gasteiger partial charge in [0.1, 0.15) is 5.75 Å².